The van der Waals surface area contributed by atoms with Crippen LogP contribution in [0.4, 0.5) is 5.69 Å². The summed E-state index contributed by atoms with van der Waals surface area (Å²) >= 11 is 0. The van der Waals surface area contributed by atoms with Crippen molar-refractivity contribution in [2.45, 2.75) is 46.1 Å². The lowest BCUT2D eigenvalue weighted by molar-refractivity contribution is -0.116. The second kappa shape index (κ2) is 8.74. The second-order valence-corrected chi connectivity index (χ2v) is 6.63. The van der Waals surface area contributed by atoms with Crippen molar-refractivity contribution < 1.29 is 4.79 Å². The quantitative estimate of drug-likeness (QED) is 0.744. The van der Waals surface area contributed by atoms with Crippen LogP contribution in [0, 0.1) is 11.8 Å². The number of carbonyl (C=O) groups excluding carboxylic acids is 1. The van der Waals surface area contributed by atoms with Crippen LogP contribution in [0.2, 0.25) is 0 Å². The summed E-state index contributed by atoms with van der Waals surface area (Å²) in [6.45, 7) is 6.03. The first-order valence-corrected chi connectivity index (χ1v) is 8.38. The van der Waals surface area contributed by atoms with Crippen LogP contribution in [-0.2, 0) is 11.3 Å². The first-order valence-electron chi connectivity index (χ1n) is 8.38. The lowest BCUT2D eigenvalue weighted by Crippen LogP contribution is -2.23. The van der Waals surface area contributed by atoms with E-state index in [0.717, 1.165) is 24.7 Å². The molecule has 1 aliphatic rings. The molecule has 0 saturated heterocycles. The lowest BCUT2D eigenvalue weighted by Gasteiger charge is -2.18. The third-order valence-electron chi connectivity index (χ3n) is 3.94. The standard InChI is InChI=1S/C19H28N2O/c1-15(2)11-19(22)21-18-10-6-9-17(12-18)14-20-13-16-7-4-3-5-8-16/h3-4,6,9-10,12,15-16,20H,5,7-8,11,13-14H2,1-2H3,(H,21,22)/t16-/m1/s1. The second-order valence-electron chi connectivity index (χ2n) is 6.63. The highest BCUT2D eigenvalue weighted by atomic mass is 16.1. The summed E-state index contributed by atoms with van der Waals surface area (Å²) in [6, 6.07) is 8.12. The van der Waals surface area contributed by atoms with E-state index in [1.807, 2.05) is 12.1 Å². The maximum Gasteiger partial charge on any atom is 0.224 e. The van der Waals surface area contributed by atoms with Crippen LogP contribution in [0.15, 0.2) is 36.4 Å². The Morgan fingerprint density at radius 3 is 2.91 bits per heavy atom. The molecule has 1 amide bonds. The number of allylic oxidation sites excluding steroid dienone is 2. The van der Waals surface area contributed by atoms with Crippen molar-refractivity contribution >= 4 is 11.6 Å². The summed E-state index contributed by atoms with van der Waals surface area (Å²) in [5.41, 5.74) is 2.11. The Kier molecular flexibility index (Phi) is 6.66. The normalized spacial score (nSPS) is 17.7. The fraction of sp³-hybridized carbons (Fsp3) is 0.526. The van der Waals surface area contributed by atoms with Gasteiger partial charge >= 0.3 is 0 Å². The molecule has 0 saturated carbocycles. The zero-order valence-corrected chi connectivity index (χ0v) is 13.8. The molecule has 2 N–H and O–H groups in total. The number of anilines is 1. The summed E-state index contributed by atoms with van der Waals surface area (Å²) in [5, 5.41) is 6.52. The molecule has 1 atom stereocenters. The number of carbonyl (C=O) groups is 1. The van der Waals surface area contributed by atoms with Crippen molar-refractivity contribution in [1.82, 2.24) is 5.32 Å². The number of nitrogens with one attached hydrogen (secondary N) is 2. The van der Waals surface area contributed by atoms with Gasteiger partial charge in [-0.3, -0.25) is 4.79 Å². The number of hydrogen-bond acceptors (Lipinski definition) is 2. The van der Waals surface area contributed by atoms with Crippen molar-refractivity contribution in [2.24, 2.45) is 11.8 Å². The molecule has 0 radical (unpaired) electrons. The summed E-state index contributed by atoms with van der Waals surface area (Å²) in [6.07, 6.45) is 8.83. The van der Waals surface area contributed by atoms with E-state index < -0.39 is 0 Å². The molecule has 120 valence electrons. The van der Waals surface area contributed by atoms with Gasteiger partial charge < -0.3 is 10.6 Å². The molecule has 1 aliphatic carbocycles. The molecule has 3 heteroatoms. The molecule has 1 aromatic carbocycles. The smallest absolute Gasteiger partial charge is 0.224 e. The highest BCUT2D eigenvalue weighted by Crippen LogP contribution is 2.17. The summed E-state index contributed by atoms with van der Waals surface area (Å²) in [5.74, 6) is 1.24. The Hall–Kier alpha value is -1.61. The van der Waals surface area contributed by atoms with Crippen LogP contribution >= 0.6 is 0 Å². The Balaban J connectivity index is 1.78. The van der Waals surface area contributed by atoms with Crippen LogP contribution in [0.5, 0.6) is 0 Å². The van der Waals surface area contributed by atoms with Gasteiger partial charge in [0.15, 0.2) is 0 Å². The molecule has 0 aromatic heterocycles. The first kappa shape index (κ1) is 16.8. The summed E-state index contributed by atoms with van der Waals surface area (Å²) in [7, 11) is 0. The molecule has 2 rings (SSSR count). The van der Waals surface area contributed by atoms with Crippen LogP contribution in [0.3, 0.4) is 0 Å². The zero-order valence-electron chi connectivity index (χ0n) is 13.8. The molecule has 0 heterocycles. The topological polar surface area (TPSA) is 41.1 Å². The molecular weight excluding hydrogens is 272 g/mol. The fourth-order valence-corrected chi connectivity index (χ4v) is 2.80. The molecule has 22 heavy (non-hydrogen) atoms. The van der Waals surface area contributed by atoms with E-state index in [-0.39, 0.29) is 5.91 Å². The minimum atomic E-state index is 0.0918. The van der Waals surface area contributed by atoms with Gasteiger partial charge in [-0.25, -0.2) is 0 Å². The summed E-state index contributed by atoms with van der Waals surface area (Å²) < 4.78 is 0. The van der Waals surface area contributed by atoms with Crippen LogP contribution in [0.25, 0.3) is 0 Å². The molecule has 3 nitrogen and oxygen atoms in total. The van der Waals surface area contributed by atoms with Gasteiger partial charge in [0.25, 0.3) is 0 Å². The summed E-state index contributed by atoms with van der Waals surface area (Å²) in [4.78, 5) is 11.8. The van der Waals surface area contributed by atoms with Gasteiger partial charge in [-0.15, -0.1) is 0 Å². The Labute approximate surface area is 134 Å². The SMILES string of the molecule is CC(C)CC(=O)Nc1cccc(CNC[C@@H]2CC=CCC2)c1. The molecule has 0 aliphatic heterocycles. The van der Waals surface area contributed by atoms with Crippen LogP contribution in [0.1, 0.15) is 45.1 Å². The van der Waals surface area contributed by atoms with Gasteiger partial charge in [-0.1, -0.05) is 38.1 Å². The van der Waals surface area contributed by atoms with Crippen LogP contribution < -0.4 is 10.6 Å². The lowest BCUT2D eigenvalue weighted by atomic mass is 9.94. The van der Waals surface area contributed by atoms with Crippen LogP contribution in [-0.4, -0.2) is 12.5 Å². The maximum absolute atomic E-state index is 11.8. The van der Waals surface area contributed by atoms with Crippen molar-refractivity contribution in [3.8, 4) is 0 Å². The molecule has 0 unspecified atom stereocenters. The minimum absolute atomic E-state index is 0.0918. The van der Waals surface area contributed by atoms with Crippen molar-refractivity contribution in [1.29, 1.82) is 0 Å². The van der Waals surface area contributed by atoms with Crippen molar-refractivity contribution in [3.05, 3.63) is 42.0 Å². The maximum atomic E-state index is 11.8. The van der Waals surface area contributed by atoms with E-state index in [9.17, 15) is 4.79 Å². The highest BCUT2D eigenvalue weighted by molar-refractivity contribution is 5.90. The monoisotopic (exact) mass is 300 g/mol. The Bertz CT molecular complexity index is 508. The Morgan fingerprint density at radius 1 is 1.32 bits per heavy atom. The molecular formula is C19H28N2O. The van der Waals surface area contributed by atoms with E-state index in [1.54, 1.807) is 0 Å². The first-order chi connectivity index (χ1) is 10.6. The van der Waals surface area contributed by atoms with Crippen molar-refractivity contribution in [2.75, 3.05) is 11.9 Å². The predicted octanol–water partition coefficient (Wildman–Crippen LogP) is 4.12. The van der Waals surface area contributed by atoms with Gasteiger partial charge in [-0.2, -0.15) is 0 Å². The fourth-order valence-electron chi connectivity index (χ4n) is 2.80. The predicted molar refractivity (Wildman–Crippen MR) is 92.7 cm³/mol. The number of amides is 1. The van der Waals surface area contributed by atoms with E-state index in [4.69, 9.17) is 0 Å². The van der Waals surface area contributed by atoms with Gasteiger partial charge in [0, 0.05) is 18.7 Å². The van der Waals surface area contributed by atoms with E-state index in [1.165, 1.54) is 24.8 Å². The van der Waals surface area contributed by atoms with Gasteiger partial charge in [-0.05, 0) is 55.3 Å². The average molecular weight is 300 g/mol. The minimum Gasteiger partial charge on any atom is -0.326 e. The molecule has 1 aromatic rings. The van der Waals surface area contributed by atoms with E-state index in [0.29, 0.717) is 12.3 Å². The van der Waals surface area contributed by atoms with Gasteiger partial charge in [0.1, 0.15) is 0 Å². The van der Waals surface area contributed by atoms with Gasteiger partial charge in [0.2, 0.25) is 5.91 Å². The Morgan fingerprint density at radius 2 is 2.18 bits per heavy atom. The molecule has 0 bridgehead atoms. The van der Waals surface area contributed by atoms with E-state index in [2.05, 4.69) is 48.8 Å². The molecule has 0 spiro atoms. The van der Waals surface area contributed by atoms with E-state index >= 15 is 0 Å². The van der Waals surface area contributed by atoms with Crippen molar-refractivity contribution in [3.63, 3.8) is 0 Å². The number of hydrogen-bond donors (Lipinski definition) is 2. The third kappa shape index (κ3) is 6.02. The highest BCUT2D eigenvalue weighted by Gasteiger charge is 2.09. The zero-order chi connectivity index (χ0) is 15.8. The number of rotatable bonds is 7. The average Bonchev–Trinajstić information content (AvgIpc) is 2.48. The number of benzene rings is 1. The largest absolute Gasteiger partial charge is 0.326 e. The third-order valence-corrected chi connectivity index (χ3v) is 3.94. The van der Waals surface area contributed by atoms with Gasteiger partial charge in [0.05, 0.1) is 0 Å². The molecule has 0 fully saturated rings.